The van der Waals surface area contributed by atoms with Crippen LogP contribution in [-0.2, 0) is 16.1 Å². The van der Waals surface area contributed by atoms with E-state index < -0.39 is 6.10 Å². The molecule has 0 aliphatic carbocycles. The number of amides is 2. The molecule has 3 heterocycles. The van der Waals surface area contributed by atoms with Gasteiger partial charge < -0.3 is 23.8 Å². The second-order valence-corrected chi connectivity index (χ2v) is 7.72. The molecule has 0 N–H and O–H groups in total. The van der Waals surface area contributed by atoms with E-state index in [1.807, 2.05) is 24.3 Å². The van der Waals surface area contributed by atoms with Crippen LogP contribution >= 0.6 is 0 Å². The lowest BCUT2D eigenvalue weighted by Gasteiger charge is -2.37. The van der Waals surface area contributed by atoms with E-state index in [1.165, 1.54) is 12.1 Å². The van der Waals surface area contributed by atoms with E-state index in [9.17, 15) is 14.0 Å². The van der Waals surface area contributed by atoms with Crippen molar-refractivity contribution >= 4 is 22.7 Å². The molecule has 160 valence electrons. The van der Waals surface area contributed by atoms with Gasteiger partial charge in [0.05, 0.1) is 5.52 Å². The number of hydrogen-bond acceptors (Lipinski definition) is 4. The van der Waals surface area contributed by atoms with Crippen LogP contribution in [0.5, 0.6) is 11.5 Å². The highest BCUT2D eigenvalue weighted by Gasteiger charge is 2.33. The van der Waals surface area contributed by atoms with Crippen molar-refractivity contribution in [3.05, 3.63) is 60.5 Å². The van der Waals surface area contributed by atoms with Crippen molar-refractivity contribution in [1.82, 2.24) is 14.4 Å². The summed E-state index contributed by atoms with van der Waals surface area (Å²) in [5.74, 6) is 0.688. The second-order valence-electron chi connectivity index (χ2n) is 7.72. The van der Waals surface area contributed by atoms with Crippen molar-refractivity contribution in [1.29, 1.82) is 0 Å². The van der Waals surface area contributed by atoms with Gasteiger partial charge in [0.2, 0.25) is 12.0 Å². The normalized spacial score (nSPS) is 18.3. The third kappa shape index (κ3) is 3.81. The topological polar surface area (TPSA) is 64.0 Å². The van der Waals surface area contributed by atoms with Crippen LogP contribution in [0.25, 0.3) is 10.9 Å². The maximum Gasteiger partial charge on any atom is 0.267 e. The van der Waals surface area contributed by atoms with Crippen molar-refractivity contribution in [3.8, 4) is 11.5 Å². The molecule has 2 aromatic carbocycles. The largest absolute Gasteiger partial charge is 0.485 e. The van der Waals surface area contributed by atoms with E-state index >= 15 is 0 Å². The number of benzene rings is 2. The van der Waals surface area contributed by atoms with Crippen LogP contribution in [0.4, 0.5) is 4.39 Å². The molecule has 1 atom stereocenters. The molecule has 0 unspecified atom stereocenters. The number of piperazine rings is 1. The SMILES string of the molecule is O=C(Cn1ccc2ccc(F)cc21)N1CCN(C(=O)[C@H]2COc3ccccc3O2)CC1. The molecular formula is C23H22FN3O4. The summed E-state index contributed by atoms with van der Waals surface area (Å²) >= 11 is 0. The maximum atomic E-state index is 13.6. The number of para-hydroxylation sites is 2. The Morgan fingerprint density at radius 3 is 2.52 bits per heavy atom. The Bertz CT molecular complexity index is 1140. The van der Waals surface area contributed by atoms with Crippen LogP contribution in [0.3, 0.4) is 0 Å². The van der Waals surface area contributed by atoms with Gasteiger partial charge in [-0.3, -0.25) is 9.59 Å². The van der Waals surface area contributed by atoms with Crippen LogP contribution in [0.1, 0.15) is 0 Å². The van der Waals surface area contributed by atoms with Gasteiger partial charge in [-0.2, -0.15) is 0 Å². The summed E-state index contributed by atoms with van der Waals surface area (Å²) < 4.78 is 26.8. The van der Waals surface area contributed by atoms with E-state index in [0.717, 1.165) is 5.39 Å². The number of fused-ring (bicyclic) bond motifs is 2. The molecule has 5 rings (SSSR count). The third-order valence-corrected chi connectivity index (χ3v) is 5.77. The van der Waals surface area contributed by atoms with E-state index in [1.54, 1.807) is 32.7 Å². The zero-order valence-corrected chi connectivity index (χ0v) is 16.9. The molecule has 31 heavy (non-hydrogen) atoms. The number of carbonyl (C=O) groups is 2. The van der Waals surface area contributed by atoms with Gasteiger partial charge >= 0.3 is 0 Å². The van der Waals surface area contributed by atoms with Gasteiger partial charge in [0.15, 0.2) is 11.5 Å². The Hall–Kier alpha value is -3.55. The Kier molecular flexibility index (Phi) is 4.97. The van der Waals surface area contributed by atoms with Gasteiger partial charge in [-0.25, -0.2) is 4.39 Å². The van der Waals surface area contributed by atoms with Crippen LogP contribution in [0.2, 0.25) is 0 Å². The number of ether oxygens (including phenoxy) is 2. The number of carbonyl (C=O) groups excluding carboxylic acids is 2. The minimum atomic E-state index is -0.682. The quantitative estimate of drug-likeness (QED) is 0.649. The van der Waals surface area contributed by atoms with E-state index in [-0.39, 0.29) is 30.8 Å². The van der Waals surface area contributed by atoms with Crippen LogP contribution in [0.15, 0.2) is 54.7 Å². The fourth-order valence-electron chi connectivity index (χ4n) is 4.06. The lowest BCUT2D eigenvalue weighted by Crippen LogP contribution is -2.55. The first-order valence-corrected chi connectivity index (χ1v) is 10.3. The molecular weight excluding hydrogens is 401 g/mol. The summed E-state index contributed by atoms with van der Waals surface area (Å²) in [4.78, 5) is 29.1. The Morgan fingerprint density at radius 1 is 0.968 bits per heavy atom. The summed E-state index contributed by atoms with van der Waals surface area (Å²) in [7, 11) is 0. The zero-order chi connectivity index (χ0) is 21.4. The molecule has 0 spiro atoms. The van der Waals surface area contributed by atoms with Crippen molar-refractivity contribution in [2.45, 2.75) is 12.6 Å². The molecule has 0 saturated carbocycles. The molecule has 7 nitrogen and oxygen atoms in total. The molecule has 2 aliphatic heterocycles. The smallest absolute Gasteiger partial charge is 0.267 e. The van der Waals surface area contributed by atoms with Gasteiger partial charge in [0.1, 0.15) is 19.0 Å². The number of nitrogens with zero attached hydrogens (tertiary/aromatic N) is 3. The lowest BCUT2D eigenvalue weighted by molar-refractivity contribution is -0.146. The average molecular weight is 423 g/mol. The van der Waals surface area contributed by atoms with E-state index in [0.29, 0.717) is 43.2 Å². The summed E-state index contributed by atoms with van der Waals surface area (Å²) in [6.45, 7) is 2.08. The highest BCUT2D eigenvalue weighted by molar-refractivity contribution is 5.84. The van der Waals surface area contributed by atoms with Gasteiger partial charge in [-0.1, -0.05) is 12.1 Å². The van der Waals surface area contributed by atoms with Crippen molar-refractivity contribution in [2.75, 3.05) is 32.8 Å². The minimum absolute atomic E-state index is 0.0555. The summed E-state index contributed by atoms with van der Waals surface area (Å²) in [6, 6.07) is 13.7. The Morgan fingerprint density at radius 2 is 1.71 bits per heavy atom. The van der Waals surface area contributed by atoms with Crippen LogP contribution in [-0.4, -0.2) is 65.1 Å². The lowest BCUT2D eigenvalue weighted by atomic mass is 10.2. The van der Waals surface area contributed by atoms with Crippen molar-refractivity contribution in [2.24, 2.45) is 0 Å². The standard InChI is InChI=1S/C23H22FN3O4/c24-17-6-5-16-7-8-27(18(16)13-17)14-22(28)25-9-11-26(12-10-25)23(29)21-15-30-19-3-1-2-4-20(19)31-21/h1-8,13,21H,9-12,14-15H2/t21-/m1/s1. The van der Waals surface area contributed by atoms with Gasteiger partial charge in [-0.15, -0.1) is 0 Å². The third-order valence-electron chi connectivity index (χ3n) is 5.77. The molecule has 1 fully saturated rings. The highest BCUT2D eigenvalue weighted by atomic mass is 19.1. The first-order valence-electron chi connectivity index (χ1n) is 10.3. The van der Waals surface area contributed by atoms with Crippen molar-refractivity contribution < 1.29 is 23.5 Å². The fraction of sp³-hybridized carbons (Fsp3) is 0.304. The van der Waals surface area contributed by atoms with E-state index in [2.05, 4.69) is 0 Å². The van der Waals surface area contributed by atoms with Gasteiger partial charge in [0, 0.05) is 32.4 Å². The maximum absolute atomic E-state index is 13.6. The predicted molar refractivity (Wildman–Crippen MR) is 111 cm³/mol. The number of halogens is 1. The average Bonchev–Trinajstić information content (AvgIpc) is 3.20. The van der Waals surface area contributed by atoms with Crippen LogP contribution in [0, 0.1) is 5.82 Å². The monoisotopic (exact) mass is 423 g/mol. The first kappa shape index (κ1) is 19.4. The van der Waals surface area contributed by atoms with Crippen LogP contribution < -0.4 is 9.47 Å². The summed E-state index contributed by atoms with van der Waals surface area (Å²) in [5.41, 5.74) is 0.692. The Labute approximate surface area is 178 Å². The summed E-state index contributed by atoms with van der Waals surface area (Å²) in [5, 5.41) is 0.890. The molecule has 3 aromatic rings. The van der Waals surface area contributed by atoms with E-state index in [4.69, 9.17) is 9.47 Å². The molecule has 1 saturated heterocycles. The highest BCUT2D eigenvalue weighted by Crippen LogP contribution is 2.31. The molecule has 0 bridgehead atoms. The molecule has 2 aliphatic rings. The van der Waals surface area contributed by atoms with Crippen molar-refractivity contribution in [3.63, 3.8) is 0 Å². The zero-order valence-electron chi connectivity index (χ0n) is 16.9. The van der Waals surface area contributed by atoms with Gasteiger partial charge in [-0.05, 0) is 41.8 Å². The number of aromatic nitrogens is 1. The second kappa shape index (κ2) is 7.94. The Balaban J connectivity index is 1.18. The fourth-order valence-corrected chi connectivity index (χ4v) is 4.06. The molecule has 0 radical (unpaired) electrons. The molecule has 1 aromatic heterocycles. The van der Waals surface area contributed by atoms with Gasteiger partial charge in [0.25, 0.3) is 5.91 Å². The number of hydrogen-bond donors (Lipinski definition) is 0. The first-order chi connectivity index (χ1) is 15.1. The number of rotatable bonds is 3. The predicted octanol–water partition coefficient (Wildman–Crippen LogP) is 2.29. The summed E-state index contributed by atoms with van der Waals surface area (Å²) in [6.07, 6.45) is 1.11. The molecule has 2 amide bonds. The molecule has 8 heteroatoms. The minimum Gasteiger partial charge on any atom is -0.485 e.